The fraction of sp³-hybridized carbons (Fsp3) is 0.529. The van der Waals surface area contributed by atoms with Gasteiger partial charge in [0.25, 0.3) is 0 Å². The summed E-state index contributed by atoms with van der Waals surface area (Å²) >= 11 is 0. The van der Waals surface area contributed by atoms with E-state index in [1.165, 1.54) is 0 Å². The predicted molar refractivity (Wildman–Crippen MR) is 91.6 cm³/mol. The Kier molecular flexibility index (Phi) is 4.38. The maximum atomic E-state index is 12.4. The van der Waals surface area contributed by atoms with E-state index in [9.17, 15) is 18.0 Å². The van der Waals surface area contributed by atoms with Crippen LogP contribution >= 0.6 is 0 Å². The molecule has 6 nitrogen and oxygen atoms in total. The summed E-state index contributed by atoms with van der Waals surface area (Å²) in [5.41, 5.74) is 2.98. The summed E-state index contributed by atoms with van der Waals surface area (Å²) < 4.78 is 23.0. The number of anilines is 1. The molecule has 1 aromatic carbocycles. The molecule has 1 N–H and O–H groups in total. The Morgan fingerprint density at radius 1 is 1.29 bits per heavy atom. The fourth-order valence-electron chi connectivity index (χ4n) is 3.37. The lowest BCUT2D eigenvalue weighted by molar-refractivity contribution is -0.126. The standard InChI is InChI=1S/C17H22N2O4S/c1-11-4-3-5-15(12(11)2)19-9-13(8-16(19)20)17(21)18-14-6-7-24(22,23)10-14/h3-5,13-14H,6-10H2,1-2H3,(H,18,21). The van der Waals surface area contributed by atoms with Crippen molar-refractivity contribution in [2.75, 3.05) is 23.0 Å². The summed E-state index contributed by atoms with van der Waals surface area (Å²) in [6.07, 6.45) is 0.619. The minimum atomic E-state index is -3.03. The second-order valence-electron chi connectivity index (χ2n) is 6.73. The molecule has 3 rings (SSSR count). The van der Waals surface area contributed by atoms with E-state index in [1.54, 1.807) is 4.90 Å². The molecular formula is C17H22N2O4S. The Labute approximate surface area is 142 Å². The Morgan fingerprint density at radius 3 is 2.71 bits per heavy atom. The first kappa shape index (κ1) is 17.0. The minimum absolute atomic E-state index is 0.000108. The van der Waals surface area contributed by atoms with Gasteiger partial charge >= 0.3 is 0 Å². The lowest BCUT2D eigenvalue weighted by Gasteiger charge is -2.20. The van der Waals surface area contributed by atoms with Gasteiger partial charge in [0.1, 0.15) is 0 Å². The van der Waals surface area contributed by atoms with E-state index in [2.05, 4.69) is 5.32 Å². The molecule has 2 saturated heterocycles. The summed E-state index contributed by atoms with van der Waals surface area (Å²) in [5, 5.41) is 2.80. The molecule has 0 aromatic heterocycles. The molecular weight excluding hydrogens is 328 g/mol. The van der Waals surface area contributed by atoms with Gasteiger partial charge in [-0.05, 0) is 37.5 Å². The van der Waals surface area contributed by atoms with Crippen LogP contribution in [0.1, 0.15) is 24.0 Å². The lowest BCUT2D eigenvalue weighted by Crippen LogP contribution is -2.40. The molecule has 130 valence electrons. The minimum Gasteiger partial charge on any atom is -0.352 e. The predicted octanol–water partition coefficient (Wildman–Crippen LogP) is 0.960. The van der Waals surface area contributed by atoms with E-state index in [4.69, 9.17) is 0 Å². The van der Waals surface area contributed by atoms with Gasteiger partial charge in [-0.15, -0.1) is 0 Å². The van der Waals surface area contributed by atoms with Crippen molar-refractivity contribution in [1.29, 1.82) is 0 Å². The van der Waals surface area contributed by atoms with Gasteiger partial charge in [0, 0.05) is 24.7 Å². The molecule has 24 heavy (non-hydrogen) atoms. The summed E-state index contributed by atoms with van der Waals surface area (Å²) in [6, 6.07) is 5.46. The van der Waals surface area contributed by atoms with Crippen molar-refractivity contribution < 1.29 is 18.0 Å². The molecule has 2 fully saturated rings. The Morgan fingerprint density at radius 2 is 2.04 bits per heavy atom. The van der Waals surface area contributed by atoms with Crippen molar-refractivity contribution in [3.05, 3.63) is 29.3 Å². The smallest absolute Gasteiger partial charge is 0.227 e. The Bertz CT molecular complexity index is 788. The fourth-order valence-corrected chi connectivity index (χ4v) is 5.05. The van der Waals surface area contributed by atoms with Gasteiger partial charge < -0.3 is 10.2 Å². The molecule has 0 aliphatic carbocycles. The average Bonchev–Trinajstić information content (AvgIpc) is 3.05. The first-order valence-corrected chi connectivity index (χ1v) is 9.96. The number of nitrogens with one attached hydrogen (secondary N) is 1. The molecule has 0 bridgehead atoms. The molecule has 2 amide bonds. The van der Waals surface area contributed by atoms with Gasteiger partial charge in [0.05, 0.1) is 17.4 Å². The third-order valence-electron chi connectivity index (χ3n) is 4.94. The van der Waals surface area contributed by atoms with Crippen molar-refractivity contribution in [2.24, 2.45) is 5.92 Å². The quantitative estimate of drug-likeness (QED) is 0.880. The van der Waals surface area contributed by atoms with Crippen LogP contribution in [-0.4, -0.2) is 44.3 Å². The molecule has 2 aliphatic rings. The summed E-state index contributed by atoms with van der Waals surface area (Å²) in [6.45, 7) is 4.30. The van der Waals surface area contributed by atoms with Crippen molar-refractivity contribution in [1.82, 2.24) is 5.32 Å². The molecule has 2 unspecified atom stereocenters. The van der Waals surface area contributed by atoms with Crippen LogP contribution in [0.15, 0.2) is 18.2 Å². The van der Waals surface area contributed by atoms with Gasteiger partial charge in [-0.1, -0.05) is 12.1 Å². The molecule has 0 spiro atoms. The molecule has 0 radical (unpaired) electrons. The lowest BCUT2D eigenvalue weighted by atomic mass is 10.1. The van der Waals surface area contributed by atoms with Crippen LogP contribution in [0.4, 0.5) is 5.69 Å². The van der Waals surface area contributed by atoms with Crippen LogP contribution in [0.3, 0.4) is 0 Å². The second-order valence-corrected chi connectivity index (χ2v) is 8.96. The van der Waals surface area contributed by atoms with E-state index < -0.39 is 15.8 Å². The number of amides is 2. The number of rotatable bonds is 3. The van der Waals surface area contributed by atoms with Crippen molar-refractivity contribution >= 4 is 27.3 Å². The van der Waals surface area contributed by atoms with Gasteiger partial charge in [0.15, 0.2) is 9.84 Å². The van der Waals surface area contributed by atoms with Crippen molar-refractivity contribution in [2.45, 2.75) is 32.7 Å². The number of benzene rings is 1. The third-order valence-corrected chi connectivity index (χ3v) is 6.71. The van der Waals surface area contributed by atoms with Crippen molar-refractivity contribution in [3.63, 3.8) is 0 Å². The maximum absolute atomic E-state index is 12.4. The number of carbonyl (C=O) groups is 2. The third kappa shape index (κ3) is 3.31. The second kappa shape index (κ2) is 6.20. The highest BCUT2D eigenvalue weighted by Gasteiger charge is 2.37. The summed E-state index contributed by atoms with van der Waals surface area (Å²) in [4.78, 5) is 26.4. The summed E-state index contributed by atoms with van der Waals surface area (Å²) in [7, 11) is -3.03. The van der Waals surface area contributed by atoms with Crippen LogP contribution in [0.5, 0.6) is 0 Å². The van der Waals surface area contributed by atoms with Gasteiger partial charge in [0.2, 0.25) is 11.8 Å². The summed E-state index contributed by atoms with van der Waals surface area (Å²) in [5.74, 6) is -0.599. The zero-order valence-electron chi connectivity index (χ0n) is 13.9. The van der Waals surface area contributed by atoms with E-state index in [-0.39, 0.29) is 35.8 Å². The van der Waals surface area contributed by atoms with E-state index in [1.807, 2.05) is 32.0 Å². The number of sulfone groups is 1. The van der Waals surface area contributed by atoms with Gasteiger partial charge in [-0.25, -0.2) is 8.42 Å². The molecule has 1 aromatic rings. The highest BCUT2D eigenvalue weighted by Crippen LogP contribution is 2.29. The van der Waals surface area contributed by atoms with Crippen molar-refractivity contribution in [3.8, 4) is 0 Å². The molecule has 0 saturated carbocycles. The number of aryl methyl sites for hydroxylation is 1. The number of nitrogens with zero attached hydrogens (tertiary/aromatic N) is 1. The van der Waals surface area contributed by atoms with E-state index in [0.717, 1.165) is 16.8 Å². The normalized spacial score (nSPS) is 25.9. The molecule has 2 atom stereocenters. The first-order valence-electron chi connectivity index (χ1n) is 8.14. The molecule has 7 heteroatoms. The Hall–Kier alpha value is -1.89. The SMILES string of the molecule is Cc1cccc(N2CC(C(=O)NC3CCS(=O)(=O)C3)CC2=O)c1C. The van der Waals surface area contributed by atoms with Crippen LogP contribution in [0.2, 0.25) is 0 Å². The van der Waals surface area contributed by atoms with Crippen LogP contribution in [0.25, 0.3) is 0 Å². The first-order chi connectivity index (χ1) is 11.3. The number of hydrogen-bond acceptors (Lipinski definition) is 4. The topological polar surface area (TPSA) is 83.6 Å². The Balaban J connectivity index is 1.68. The zero-order valence-corrected chi connectivity index (χ0v) is 14.7. The van der Waals surface area contributed by atoms with Crippen LogP contribution < -0.4 is 10.2 Å². The van der Waals surface area contributed by atoms with Gasteiger partial charge in [-0.3, -0.25) is 9.59 Å². The monoisotopic (exact) mass is 350 g/mol. The van der Waals surface area contributed by atoms with Crippen LogP contribution in [-0.2, 0) is 19.4 Å². The van der Waals surface area contributed by atoms with E-state index in [0.29, 0.717) is 13.0 Å². The molecule has 2 heterocycles. The van der Waals surface area contributed by atoms with Gasteiger partial charge in [-0.2, -0.15) is 0 Å². The maximum Gasteiger partial charge on any atom is 0.227 e. The number of hydrogen-bond donors (Lipinski definition) is 1. The molecule has 2 aliphatic heterocycles. The van der Waals surface area contributed by atoms with E-state index >= 15 is 0 Å². The highest BCUT2D eigenvalue weighted by molar-refractivity contribution is 7.91. The van der Waals surface area contributed by atoms with Crippen LogP contribution in [0, 0.1) is 19.8 Å². The number of carbonyl (C=O) groups excluding carboxylic acids is 2. The largest absolute Gasteiger partial charge is 0.352 e. The average molecular weight is 350 g/mol. The highest BCUT2D eigenvalue weighted by atomic mass is 32.2. The zero-order chi connectivity index (χ0) is 17.5.